The van der Waals surface area contributed by atoms with Crippen molar-refractivity contribution < 1.29 is 9.21 Å². The Kier molecular flexibility index (Phi) is 3.93. The number of fused-ring (bicyclic) bond motifs is 1. The first-order valence-corrected chi connectivity index (χ1v) is 8.92. The van der Waals surface area contributed by atoms with Crippen LogP contribution >= 0.6 is 0 Å². The average Bonchev–Trinajstić information content (AvgIpc) is 3.29. The van der Waals surface area contributed by atoms with Crippen LogP contribution < -0.4 is 5.32 Å². The van der Waals surface area contributed by atoms with Crippen molar-refractivity contribution in [1.29, 1.82) is 0 Å². The van der Waals surface area contributed by atoms with Gasteiger partial charge >= 0.3 is 0 Å². The van der Waals surface area contributed by atoms with E-state index in [4.69, 9.17) is 4.42 Å². The molecule has 5 nitrogen and oxygen atoms in total. The highest BCUT2D eigenvalue weighted by Gasteiger charge is 2.56. The highest BCUT2D eigenvalue weighted by molar-refractivity contribution is 5.84. The summed E-state index contributed by atoms with van der Waals surface area (Å²) in [6.45, 7) is 4.37. The summed E-state index contributed by atoms with van der Waals surface area (Å²) in [6.07, 6.45) is 7.00. The minimum Gasteiger partial charge on any atom is -0.467 e. The number of likely N-dealkylation sites (tertiary alicyclic amines) is 1. The van der Waals surface area contributed by atoms with Crippen LogP contribution in [-0.2, 0) is 11.3 Å². The van der Waals surface area contributed by atoms with Gasteiger partial charge in [0.15, 0.2) is 0 Å². The summed E-state index contributed by atoms with van der Waals surface area (Å²) >= 11 is 0. The molecule has 4 rings (SSSR count). The van der Waals surface area contributed by atoms with Crippen LogP contribution in [0.15, 0.2) is 22.8 Å². The summed E-state index contributed by atoms with van der Waals surface area (Å²) in [6, 6.07) is 4.52. The van der Waals surface area contributed by atoms with Crippen LogP contribution in [0.25, 0.3) is 0 Å². The largest absolute Gasteiger partial charge is 0.467 e. The van der Waals surface area contributed by atoms with Crippen molar-refractivity contribution in [2.75, 3.05) is 33.2 Å². The van der Waals surface area contributed by atoms with E-state index >= 15 is 0 Å². The number of carbonyl (C=O) groups is 1. The summed E-state index contributed by atoms with van der Waals surface area (Å²) in [5.74, 6) is 1.59. The molecule has 1 amide bonds. The Morgan fingerprint density at radius 2 is 2.30 bits per heavy atom. The van der Waals surface area contributed by atoms with E-state index in [0.717, 1.165) is 31.9 Å². The van der Waals surface area contributed by atoms with Crippen molar-refractivity contribution in [3.63, 3.8) is 0 Å². The van der Waals surface area contributed by atoms with E-state index in [0.29, 0.717) is 18.5 Å². The number of amides is 1. The summed E-state index contributed by atoms with van der Waals surface area (Å²) < 4.78 is 5.41. The van der Waals surface area contributed by atoms with Crippen molar-refractivity contribution in [2.24, 2.45) is 11.3 Å². The number of rotatable bonds is 4. The zero-order valence-electron chi connectivity index (χ0n) is 14.0. The van der Waals surface area contributed by atoms with Crippen LogP contribution in [0.4, 0.5) is 0 Å². The highest BCUT2D eigenvalue weighted by atomic mass is 16.3. The van der Waals surface area contributed by atoms with E-state index in [2.05, 4.69) is 10.2 Å². The SMILES string of the molecule is CN(Cc1ccco1)C(=O)[C@@]12CNC[C@@H]1CN(C1CCCC1)C2. The Morgan fingerprint density at radius 3 is 3.04 bits per heavy atom. The molecule has 2 atom stereocenters. The zero-order chi connectivity index (χ0) is 15.9. The van der Waals surface area contributed by atoms with Crippen molar-refractivity contribution in [2.45, 2.75) is 38.3 Å². The standard InChI is InChI=1S/C18H27N3O2/c1-20(11-16-7-4-8-23-16)17(22)18-12-19-9-14(18)10-21(13-18)15-5-2-3-6-15/h4,7-8,14-15,19H,2-3,5-6,9-13H2,1H3/t14-,18-/m1/s1. The Labute approximate surface area is 138 Å². The molecule has 3 fully saturated rings. The average molecular weight is 317 g/mol. The van der Waals surface area contributed by atoms with Gasteiger partial charge in [-0.3, -0.25) is 9.69 Å². The van der Waals surface area contributed by atoms with Gasteiger partial charge in [0.05, 0.1) is 18.2 Å². The summed E-state index contributed by atoms with van der Waals surface area (Å²) in [7, 11) is 1.91. The monoisotopic (exact) mass is 317 g/mol. The molecule has 0 radical (unpaired) electrons. The van der Waals surface area contributed by atoms with Crippen LogP contribution in [0.2, 0.25) is 0 Å². The molecule has 0 unspecified atom stereocenters. The number of hydrogen-bond acceptors (Lipinski definition) is 4. The smallest absolute Gasteiger partial charge is 0.231 e. The lowest BCUT2D eigenvalue weighted by molar-refractivity contribution is -0.141. The molecule has 1 aromatic rings. The van der Waals surface area contributed by atoms with Gasteiger partial charge in [0.1, 0.15) is 5.76 Å². The van der Waals surface area contributed by atoms with Gasteiger partial charge in [-0.2, -0.15) is 0 Å². The molecule has 23 heavy (non-hydrogen) atoms. The van der Waals surface area contributed by atoms with Crippen molar-refractivity contribution in [1.82, 2.24) is 15.1 Å². The minimum absolute atomic E-state index is 0.232. The number of furan rings is 1. The highest BCUT2D eigenvalue weighted by Crippen LogP contribution is 2.43. The molecule has 0 bridgehead atoms. The van der Waals surface area contributed by atoms with Gasteiger partial charge in [-0.05, 0) is 25.0 Å². The fourth-order valence-corrected chi connectivity index (χ4v) is 4.90. The topological polar surface area (TPSA) is 48.7 Å². The quantitative estimate of drug-likeness (QED) is 0.918. The normalized spacial score (nSPS) is 31.6. The Morgan fingerprint density at radius 1 is 1.48 bits per heavy atom. The van der Waals surface area contributed by atoms with E-state index in [-0.39, 0.29) is 11.3 Å². The molecule has 1 aliphatic carbocycles. The maximum absolute atomic E-state index is 13.3. The van der Waals surface area contributed by atoms with E-state index in [9.17, 15) is 4.79 Å². The second-order valence-electron chi connectivity index (χ2n) is 7.59. The first kappa shape index (κ1) is 15.2. The summed E-state index contributed by atoms with van der Waals surface area (Å²) in [4.78, 5) is 17.7. The molecule has 3 heterocycles. The van der Waals surface area contributed by atoms with Crippen molar-refractivity contribution >= 4 is 5.91 Å². The lowest BCUT2D eigenvalue weighted by Gasteiger charge is -2.32. The molecule has 1 saturated carbocycles. The Hall–Kier alpha value is -1.33. The van der Waals surface area contributed by atoms with Gasteiger partial charge in [0.25, 0.3) is 0 Å². The maximum Gasteiger partial charge on any atom is 0.231 e. The molecular weight excluding hydrogens is 290 g/mol. The number of nitrogens with zero attached hydrogens (tertiary/aromatic N) is 2. The van der Waals surface area contributed by atoms with Crippen LogP contribution in [0.1, 0.15) is 31.4 Å². The Balaban J connectivity index is 1.49. The lowest BCUT2D eigenvalue weighted by Crippen LogP contribution is -2.48. The molecule has 2 saturated heterocycles. The first-order valence-electron chi connectivity index (χ1n) is 8.92. The molecule has 0 spiro atoms. The maximum atomic E-state index is 13.3. The van der Waals surface area contributed by atoms with E-state index < -0.39 is 0 Å². The third kappa shape index (κ3) is 2.60. The number of hydrogen-bond donors (Lipinski definition) is 1. The van der Waals surface area contributed by atoms with Crippen LogP contribution in [0.3, 0.4) is 0 Å². The second kappa shape index (κ2) is 5.95. The van der Waals surface area contributed by atoms with Gasteiger partial charge in [-0.15, -0.1) is 0 Å². The molecular formula is C18H27N3O2. The van der Waals surface area contributed by atoms with Gasteiger partial charge in [-0.1, -0.05) is 12.8 Å². The van der Waals surface area contributed by atoms with E-state index in [1.165, 1.54) is 25.7 Å². The van der Waals surface area contributed by atoms with E-state index in [1.54, 1.807) is 6.26 Å². The third-order valence-electron chi connectivity index (χ3n) is 6.14. The van der Waals surface area contributed by atoms with Crippen LogP contribution in [-0.4, -0.2) is 55.0 Å². The predicted molar refractivity (Wildman–Crippen MR) is 87.8 cm³/mol. The summed E-state index contributed by atoms with van der Waals surface area (Å²) in [5.41, 5.74) is -0.232. The second-order valence-corrected chi connectivity index (χ2v) is 7.59. The minimum atomic E-state index is -0.232. The number of nitrogens with one attached hydrogen (secondary N) is 1. The molecule has 3 aliphatic rings. The van der Waals surface area contributed by atoms with Gasteiger partial charge < -0.3 is 14.6 Å². The van der Waals surface area contributed by atoms with E-state index in [1.807, 2.05) is 24.1 Å². The van der Waals surface area contributed by atoms with Gasteiger partial charge in [-0.25, -0.2) is 0 Å². The lowest BCUT2D eigenvalue weighted by atomic mass is 9.79. The predicted octanol–water partition coefficient (Wildman–Crippen LogP) is 1.70. The third-order valence-corrected chi connectivity index (χ3v) is 6.14. The van der Waals surface area contributed by atoms with Crippen LogP contribution in [0, 0.1) is 11.3 Å². The molecule has 1 N–H and O–H groups in total. The summed E-state index contributed by atoms with van der Waals surface area (Å²) in [5, 5.41) is 3.47. The first-order chi connectivity index (χ1) is 11.2. The number of carbonyl (C=O) groups excluding carboxylic acids is 1. The molecule has 126 valence electrons. The molecule has 0 aromatic carbocycles. The van der Waals surface area contributed by atoms with Gasteiger partial charge in [0.2, 0.25) is 5.91 Å². The van der Waals surface area contributed by atoms with Crippen molar-refractivity contribution in [3.05, 3.63) is 24.2 Å². The van der Waals surface area contributed by atoms with Gasteiger partial charge in [0, 0.05) is 45.2 Å². The van der Waals surface area contributed by atoms with Crippen molar-refractivity contribution in [3.8, 4) is 0 Å². The molecule has 5 heteroatoms. The molecule has 2 aliphatic heterocycles. The zero-order valence-corrected chi connectivity index (χ0v) is 14.0. The fraction of sp³-hybridized carbons (Fsp3) is 0.722. The fourth-order valence-electron chi connectivity index (χ4n) is 4.90. The Bertz CT molecular complexity index is 553. The van der Waals surface area contributed by atoms with Crippen LogP contribution in [0.5, 0.6) is 0 Å². The molecule has 1 aromatic heterocycles.